The van der Waals surface area contributed by atoms with Gasteiger partial charge in [-0.15, -0.1) is 0 Å². The van der Waals surface area contributed by atoms with E-state index < -0.39 is 6.04 Å². The zero-order valence-electron chi connectivity index (χ0n) is 21.7. The summed E-state index contributed by atoms with van der Waals surface area (Å²) in [5.41, 5.74) is 9.01. The Morgan fingerprint density at radius 1 is 1.03 bits per heavy atom. The van der Waals surface area contributed by atoms with Crippen molar-refractivity contribution in [2.75, 3.05) is 7.05 Å². The van der Waals surface area contributed by atoms with E-state index in [2.05, 4.69) is 33.3 Å². The molecule has 3 aromatic rings. The maximum absolute atomic E-state index is 13.6. The lowest BCUT2D eigenvalue weighted by Gasteiger charge is -2.21. The molecule has 3 aromatic carbocycles. The number of carbonyl (C=O) groups excluding carboxylic acids is 2. The normalized spacial score (nSPS) is 18.9. The van der Waals surface area contributed by atoms with Gasteiger partial charge in [0.1, 0.15) is 5.82 Å². The van der Waals surface area contributed by atoms with E-state index in [4.69, 9.17) is 0 Å². The van der Waals surface area contributed by atoms with Crippen LogP contribution < -0.4 is 16.1 Å². The Bertz CT molecular complexity index is 1560. The van der Waals surface area contributed by atoms with Gasteiger partial charge in [0.15, 0.2) is 0 Å². The molecule has 0 saturated heterocycles. The summed E-state index contributed by atoms with van der Waals surface area (Å²) >= 11 is 0. The summed E-state index contributed by atoms with van der Waals surface area (Å²) < 4.78 is 13.6. The molecule has 39 heavy (non-hydrogen) atoms. The van der Waals surface area contributed by atoms with Crippen LogP contribution in [-0.4, -0.2) is 30.2 Å². The van der Waals surface area contributed by atoms with Crippen molar-refractivity contribution in [2.24, 2.45) is 5.10 Å². The summed E-state index contributed by atoms with van der Waals surface area (Å²) in [6.07, 6.45) is 5.42. The maximum atomic E-state index is 13.6. The summed E-state index contributed by atoms with van der Waals surface area (Å²) in [6, 6.07) is 21.2. The molecule has 1 atom stereocenters. The molecule has 196 valence electrons. The van der Waals surface area contributed by atoms with Crippen LogP contribution in [0.25, 0.3) is 5.57 Å². The lowest BCUT2D eigenvalue weighted by atomic mass is 9.94. The Hall–Kier alpha value is -4.56. The minimum absolute atomic E-state index is 0.128. The minimum Gasteiger partial charge on any atom is -0.355 e. The molecule has 1 saturated carbocycles. The summed E-state index contributed by atoms with van der Waals surface area (Å²) in [5, 5.41) is 12.1. The highest BCUT2D eigenvalue weighted by molar-refractivity contribution is 6.13. The van der Waals surface area contributed by atoms with Gasteiger partial charge in [-0.3, -0.25) is 9.59 Å². The van der Waals surface area contributed by atoms with Crippen molar-refractivity contribution in [1.82, 2.24) is 21.2 Å². The number of aryl methyl sites for hydroxylation is 1. The van der Waals surface area contributed by atoms with Crippen LogP contribution in [0.1, 0.15) is 51.5 Å². The quantitative estimate of drug-likeness (QED) is 0.446. The number of hydrazine groups is 1. The Morgan fingerprint density at radius 3 is 2.46 bits per heavy atom. The predicted octanol–water partition coefficient (Wildman–Crippen LogP) is 4.50. The van der Waals surface area contributed by atoms with Crippen molar-refractivity contribution in [3.63, 3.8) is 0 Å². The number of hydrogen-bond acceptors (Lipinski definition) is 5. The third-order valence-corrected chi connectivity index (χ3v) is 7.56. The average Bonchev–Trinajstić information content (AvgIpc) is 3.65. The second kappa shape index (κ2) is 9.63. The number of amides is 2. The van der Waals surface area contributed by atoms with Gasteiger partial charge in [-0.25, -0.2) is 9.82 Å². The first-order valence-corrected chi connectivity index (χ1v) is 12.9. The Balaban J connectivity index is 1.33. The number of halogens is 1. The molecule has 7 nitrogen and oxygen atoms in total. The summed E-state index contributed by atoms with van der Waals surface area (Å²) in [7, 11) is 1.57. The molecular weight excluding hydrogens is 493 g/mol. The van der Waals surface area contributed by atoms with E-state index in [0.29, 0.717) is 16.8 Å². The number of hydrogen-bond donors (Lipinski definition) is 3. The maximum Gasteiger partial charge on any atom is 0.251 e. The fourth-order valence-electron chi connectivity index (χ4n) is 5.21. The molecule has 0 bridgehead atoms. The summed E-state index contributed by atoms with van der Waals surface area (Å²) in [6.45, 7) is 1.98. The van der Waals surface area contributed by atoms with E-state index in [1.54, 1.807) is 30.5 Å². The molecule has 0 radical (unpaired) electrons. The topological polar surface area (TPSA) is 85.8 Å². The van der Waals surface area contributed by atoms with Crippen LogP contribution >= 0.6 is 0 Å². The monoisotopic (exact) mass is 521 g/mol. The van der Waals surface area contributed by atoms with Crippen LogP contribution in [0.15, 0.2) is 95.2 Å². The first-order valence-electron chi connectivity index (χ1n) is 12.9. The van der Waals surface area contributed by atoms with E-state index in [1.807, 2.05) is 49.4 Å². The van der Waals surface area contributed by atoms with Gasteiger partial charge in [0.25, 0.3) is 11.8 Å². The van der Waals surface area contributed by atoms with E-state index in [0.717, 1.165) is 40.7 Å². The van der Waals surface area contributed by atoms with Gasteiger partial charge in [0.05, 0.1) is 29.1 Å². The number of benzene rings is 3. The highest BCUT2D eigenvalue weighted by atomic mass is 19.1. The van der Waals surface area contributed by atoms with Gasteiger partial charge in [-0.2, -0.15) is 10.2 Å². The van der Waals surface area contributed by atoms with Crippen molar-refractivity contribution in [3.05, 3.63) is 124 Å². The minimum atomic E-state index is -0.501. The molecule has 0 spiro atoms. The third-order valence-electron chi connectivity index (χ3n) is 7.56. The van der Waals surface area contributed by atoms with Crippen molar-refractivity contribution < 1.29 is 14.0 Å². The van der Waals surface area contributed by atoms with Crippen LogP contribution in [-0.2, 0) is 10.3 Å². The van der Waals surface area contributed by atoms with Crippen LogP contribution in [0, 0.1) is 12.7 Å². The number of nitrogens with one attached hydrogen (secondary N) is 3. The van der Waals surface area contributed by atoms with Crippen molar-refractivity contribution >= 4 is 23.6 Å². The summed E-state index contributed by atoms with van der Waals surface area (Å²) in [4.78, 5) is 26.3. The first-order chi connectivity index (χ1) is 18.9. The van der Waals surface area contributed by atoms with Crippen molar-refractivity contribution in [3.8, 4) is 0 Å². The predicted molar refractivity (Wildman–Crippen MR) is 148 cm³/mol. The molecule has 1 aliphatic carbocycles. The summed E-state index contributed by atoms with van der Waals surface area (Å²) in [5.74, 6) is -0.737. The standard InChI is InChI=1S/C31H28FN5O2/c1-19-8-9-21(29(38)35-31(14-15-31)23-6-4-3-5-7-23)16-25(19)22-17-26-27(30(39)33-2)28(36-37(26)34-18-22)20-10-12-24(32)13-11-20/h3-13,16-18,28,36H,14-15H2,1-2H3,(H,33,39)(H,35,38). The molecule has 8 heteroatoms. The molecule has 3 aliphatic rings. The van der Waals surface area contributed by atoms with Crippen LogP contribution in [0.2, 0.25) is 0 Å². The number of fused-ring (bicyclic) bond motifs is 1. The molecule has 0 aromatic heterocycles. The van der Waals surface area contributed by atoms with Crippen molar-refractivity contribution in [2.45, 2.75) is 31.3 Å². The van der Waals surface area contributed by atoms with Gasteiger partial charge in [0, 0.05) is 18.2 Å². The van der Waals surface area contributed by atoms with E-state index in [9.17, 15) is 14.0 Å². The molecule has 1 fully saturated rings. The number of allylic oxidation sites excluding steroid dienone is 2. The molecule has 2 heterocycles. The van der Waals surface area contributed by atoms with Gasteiger partial charge in [-0.05, 0) is 72.4 Å². The SMILES string of the molecule is CNC(=O)C1=C2C=C(c3cc(C(=O)NC4(c5ccccc5)CC4)ccc3C)C=NN2NC1c1ccc(F)cc1. The average molecular weight is 522 g/mol. The Morgan fingerprint density at radius 2 is 1.77 bits per heavy atom. The van der Waals surface area contributed by atoms with Gasteiger partial charge < -0.3 is 10.6 Å². The Kier molecular flexibility index (Phi) is 6.12. The van der Waals surface area contributed by atoms with Gasteiger partial charge >= 0.3 is 0 Å². The number of carbonyl (C=O) groups is 2. The molecule has 2 amide bonds. The molecular formula is C31H28FN5O2. The van der Waals surface area contributed by atoms with Gasteiger partial charge in [-0.1, -0.05) is 48.5 Å². The van der Waals surface area contributed by atoms with Gasteiger partial charge in [0.2, 0.25) is 0 Å². The Labute approximate surface area is 226 Å². The highest BCUT2D eigenvalue weighted by Crippen LogP contribution is 2.45. The first kappa shape index (κ1) is 24.8. The number of nitrogens with zero attached hydrogens (tertiary/aromatic N) is 2. The third kappa shape index (κ3) is 4.53. The number of hydrazone groups is 1. The molecule has 2 aliphatic heterocycles. The smallest absolute Gasteiger partial charge is 0.251 e. The van der Waals surface area contributed by atoms with E-state index >= 15 is 0 Å². The number of rotatable bonds is 6. The zero-order chi connectivity index (χ0) is 27.1. The highest BCUT2D eigenvalue weighted by Gasteiger charge is 2.45. The van der Waals surface area contributed by atoms with Crippen LogP contribution in [0.4, 0.5) is 4.39 Å². The second-order valence-corrected chi connectivity index (χ2v) is 10.1. The van der Waals surface area contributed by atoms with Crippen LogP contribution in [0.3, 0.4) is 0 Å². The lowest BCUT2D eigenvalue weighted by molar-refractivity contribution is -0.117. The zero-order valence-corrected chi connectivity index (χ0v) is 21.7. The van der Waals surface area contributed by atoms with E-state index in [-0.39, 0.29) is 23.2 Å². The van der Waals surface area contributed by atoms with E-state index in [1.165, 1.54) is 12.1 Å². The molecule has 3 N–H and O–H groups in total. The number of likely N-dealkylation sites (N-methyl/N-ethyl adjacent to an activating group) is 1. The second-order valence-electron chi connectivity index (χ2n) is 10.1. The fourth-order valence-corrected chi connectivity index (χ4v) is 5.21. The lowest BCUT2D eigenvalue weighted by Crippen LogP contribution is -2.34. The van der Waals surface area contributed by atoms with Crippen LogP contribution in [0.5, 0.6) is 0 Å². The van der Waals surface area contributed by atoms with Crippen molar-refractivity contribution in [1.29, 1.82) is 0 Å². The largest absolute Gasteiger partial charge is 0.355 e. The fraction of sp³-hybridized carbons (Fsp3) is 0.194. The molecule has 6 rings (SSSR count). The molecule has 1 unspecified atom stereocenters.